The molecule has 0 fully saturated rings. The molecule has 0 aliphatic heterocycles. The van der Waals surface area contributed by atoms with Crippen molar-refractivity contribution < 1.29 is 9.59 Å². The maximum absolute atomic E-state index is 11.7. The summed E-state index contributed by atoms with van der Waals surface area (Å²) in [5.41, 5.74) is 4.64. The summed E-state index contributed by atoms with van der Waals surface area (Å²) in [7, 11) is 0. The standard InChI is InChI=1S/C11H9Br2N3O2S2/c12-6-3-7(19-5-6)4-14-11(18)16-15-10(17)8-1-2-9(13)20-8/h1-3,5H,4H2,(H,15,17)(H2,14,16,18). The van der Waals surface area contributed by atoms with Crippen LogP contribution in [0.4, 0.5) is 4.79 Å². The summed E-state index contributed by atoms with van der Waals surface area (Å²) in [5.74, 6) is -0.352. The van der Waals surface area contributed by atoms with E-state index in [9.17, 15) is 9.59 Å². The lowest BCUT2D eigenvalue weighted by Gasteiger charge is -2.07. The molecule has 0 radical (unpaired) electrons. The first kappa shape index (κ1) is 15.5. The molecular formula is C11H9Br2N3O2S2. The number of thiophene rings is 2. The summed E-state index contributed by atoms with van der Waals surface area (Å²) in [6.07, 6.45) is 0. The second kappa shape index (κ2) is 7.21. The number of hydrazine groups is 1. The Hall–Kier alpha value is -0.900. The van der Waals surface area contributed by atoms with E-state index in [0.717, 1.165) is 13.1 Å². The molecule has 106 valence electrons. The maximum Gasteiger partial charge on any atom is 0.333 e. The Morgan fingerprint density at radius 2 is 2.00 bits per heavy atom. The summed E-state index contributed by atoms with van der Waals surface area (Å²) in [6, 6.07) is 4.91. The highest BCUT2D eigenvalue weighted by atomic mass is 79.9. The highest BCUT2D eigenvalue weighted by molar-refractivity contribution is 9.11. The van der Waals surface area contributed by atoms with Gasteiger partial charge in [-0.2, -0.15) is 0 Å². The Labute approximate surface area is 140 Å². The third kappa shape index (κ3) is 4.58. The van der Waals surface area contributed by atoms with Crippen LogP contribution in [0, 0.1) is 0 Å². The molecular weight excluding hydrogens is 430 g/mol. The zero-order valence-corrected chi connectivity index (χ0v) is 14.7. The van der Waals surface area contributed by atoms with Crippen molar-refractivity contribution >= 4 is 66.5 Å². The van der Waals surface area contributed by atoms with Crippen molar-refractivity contribution in [2.75, 3.05) is 0 Å². The number of halogens is 2. The fourth-order valence-corrected chi connectivity index (χ4v) is 3.94. The van der Waals surface area contributed by atoms with Gasteiger partial charge >= 0.3 is 6.03 Å². The fourth-order valence-electron chi connectivity index (χ4n) is 1.27. The van der Waals surface area contributed by atoms with Crippen molar-refractivity contribution in [3.05, 3.63) is 41.6 Å². The molecule has 0 saturated heterocycles. The van der Waals surface area contributed by atoms with Gasteiger partial charge in [0, 0.05) is 14.7 Å². The molecule has 5 nitrogen and oxygen atoms in total. The minimum Gasteiger partial charge on any atom is -0.332 e. The third-order valence-electron chi connectivity index (χ3n) is 2.13. The van der Waals surface area contributed by atoms with Crippen LogP contribution in [-0.2, 0) is 6.54 Å². The molecule has 9 heteroatoms. The van der Waals surface area contributed by atoms with E-state index >= 15 is 0 Å². The summed E-state index contributed by atoms with van der Waals surface area (Å²) in [4.78, 5) is 24.7. The van der Waals surface area contributed by atoms with Crippen LogP contribution in [0.15, 0.2) is 31.8 Å². The van der Waals surface area contributed by atoms with Crippen molar-refractivity contribution in [2.45, 2.75) is 6.54 Å². The molecule has 2 aromatic heterocycles. The van der Waals surface area contributed by atoms with E-state index in [4.69, 9.17) is 0 Å². The Bertz CT molecular complexity index is 627. The lowest BCUT2D eigenvalue weighted by atomic mass is 10.4. The van der Waals surface area contributed by atoms with E-state index in [0.29, 0.717) is 11.4 Å². The zero-order chi connectivity index (χ0) is 14.5. The van der Waals surface area contributed by atoms with Gasteiger partial charge in [0.05, 0.1) is 15.2 Å². The van der Waals surface area contributed by atoms with E-state index in [1.807, 2.05) is 11.4 Å². The van der Waals surface area contributed by atoms with Crippen LogP contribution in [0.1, 0.15) is 14.5 Å². The molecule has 0 aliphatic carbocycles. The Morgan fingerprint density at radius 3 is 2.60 bits per heavy atom. The number of amides is 3. The Balaban J connectivity index is 1.73. The Kier molecular flexibility index (Phi) is 5.58. The van der Waals surface area contributed by atoms with E-state index in [1.54, 1.807) is 12.1 Å². The van der Waals surface area contributed by atoms with Gasteiger partial charge in [-0.3, -0.25) is 10.2 Å². The fraction of sp³-hybridized carbons (Fsp3) is 0.0909. The van der Waals surface area contributed by atoms with Crippen LogP contribution in [-0.4, -0.2) is 11.9 Å². The molecule has 0 aliphatic rings. The predicted octanol–water partition coefficient (Wildman–Crippen LogP) is 3.48. The largest absolute Gasteiger partial charge is 0.333 e. The van der Waals surface area contributed by atoms with Gasteiger partial charge in [0.2, 0.25) is 0 Å². The first-order chi connectivity index (χ1) is 9.54. The summed E-state index contributed by atoms with van der Waals surface area (Å²) in [6.45, 7) is 0.405. The number of carbonyl (C=O) groups is 2. The summed E-state index contributed by atoms with van der Waals surface area (Å²) in [5, 5.41) is 4.58. The smallest absolute Gasteiger partial charge is 0.332 e. The molecule has 2 rings (SSSR count). The maximum atomic E-state index is 11.7. The topological polar surface area (TPSA) is 70.2 Å². The van der Waals surface area contributed by atoms with Crippen LogP contribution in [0.3, 0.4) is 0 Å². The van der Waals surface area contributed by atoms with Gasteiger partial charge in [-0.05, 0) is 50.1 Å². The van der Waals surface area contributed by atoms with Gasteiger partial charge in [-0.1, -0.05) is 0 Å². The number of carbonyl (C=O) groups excluding carboxylic acids is 2. The lowest BCUT2D eigenvalue weighted by molar-refractivity contribution is 0.0940. The minimum absolute atomic E-state index is 0.352. The van der Waals surface area contributed by atoms with Crippen LogP contribution in [0.25, 0.3) is 0 Å². The zero-order valence-electron chi connectivity index (χ0n) is 9.91. The monoisotopic (exact) mass is 437 g/mol. The van der Waals surface area contributed by atoms with Gasteiger partial charge in [0.1, 0.15) is 0 Å². The van der Waals surface area contributed by atoms with E-state index in [-0.39, 0.29) is 5.91 Å². The molecule has 2 aromatic rings. The number of hydrogen-bond donors (Lipinski definition) is 3. The Morgan fingerprint density at radius 1 is 1.20 bits per heavy atom. The molecule has 0 unspecified atom stereocenters. The van der Waals surface area contributed by atoms with Crippen molar-refractivity contribution in [1.82, 2.24) is 16.2 Å². The molecule has 3 N–H and O–H groups in total. The number of nitrogens with one attached hydrogen (secondary N) is 3. The predicted molar refractivity (Wildman–Crippen MR) is 86.9 cm³/mol. The molecule has 0 spiro atoms. The molecule has 0 aromatic carbocycles. The average molecular weight is 439 g/mol. The molecule has 20 heavy (non-hydrogen) atoms. The molecule has 0 bridgehead atoms. The first-order valence-electron chi connectivity index (χ1n) is 5.37. The summed E-state index contributed by atoms with van der Waals surface area (Å²) >= 11 is 9.43. The van der Waals surface area contributed by atoms with Crippen LogP contribution in [0.5, 0.6) is 0 Å². The van der Waals surface area contributed by atoms with Gasteiger partial charge in [-0.15, -0.1) is 22.7 Å². The SMILES string of the molecule is O=C(NCc1cc(Br)cs1)NNC(=O)c1ccc(Br)s1. The highest BCUT2D eigenvalue weighted by Gasteiger charge is 2.09. The van der Waals surface area contributed by atoms with Gasteiger partial charge < -0.3 is 5.32 Å². The van der Waals surface area contributed by atoms with Gasteiger partial charge in [0.25, 0.3) is 5.91 Å². The highest BCUT2D eigenvalue weighted by Crippen LogP contribution is 2.21. The number of urea groups is 1. The normalized spacial score (nSPS) is 10.1. The van der Waals surface area contributed by atoms with E-state index in [1.165, 1.54) is 22.7 Å². The second-order valence-corrected chi connectivity index (χ2v) is 7.97. The molecule has 2 heterocycles. The third-order valence-corrected chi connectivity index (χ3v) is 5.45. The second-order valence-electron chi connectivity index (χ2n) is 3.60. The van der Waals surface area contributed by atoms with Crippen LogP contribution >= 0.6 is 54.5 Å². The van der Waals surface area contributed by atoms with E-state index in [2.05, 4.69) is 48.0 Å². The average Bonchev–Trinajstić information content (AvgIpc) is 3.02. The van der Waals surface area contributed by atoms with Crippen molar-refractivity contribution in [3.63, 3.8) is 0 Å². The van der Waals surface area contributed by atoms with Crippen LogP contribution < -0.4 is 16.2 Å². The molecule has 0 atom stereocenters. The summed E-state index contributed by atoms with van der Waals surface area (Å²) < 4.78 is 1.84. The van der Waals surface area contributed by atoms with Crippen LogP contribution in [0.2, 0.25) is 0 Å². The molecule has 0 saturated carbocycles. The first-order valence-corrected chi connectivity index (χ1v) is 8.65. The number of hydrogen-bond acceptors (Lipinski definition) is 4. The van der Waals surface area contributed by atoms with Crippen molar-refractivity contribution in [3.8, 4) is 0 Å². The van der Waals surface area contributed by atoms with E-state index < -0.39 is 6.03 Å². The van der Waals surface area contributed by atoms with Gasteiger partial charge in [-0.25, -0.2) is 10.2 Å². The minimum atomic E-state index is -0.460. The number of rotatable bonds is 3. The lowest BCUT2D eigenvalue weighted by Crippen LogP contribution is -2.46. The van der Waals surface area contributed by atoms with Gasteiger partial charge in [0.15, 0.2) is 0 Å². The quantitative estimate of drug-likeness (QED) is 0.642. The molecule has 3 amide bonds. The van der Waals surface area contributed by atoms with Crippen molar-refractivity contribution in [1.29, 1.82) is 0 Å². The van der Waals surface area contributed by atoms with Crippen molar-refractivity contribution in [2.24, 2.45) is 0 Å².